The van der Waals surface area contributed by atoms with Gasteiger partial charge in [0.15, 0.2) is 0 Å². The van der Waals surface area contributed by atoms with E-state index in [4.69, 9.17) is 8.85 Å². The second-order valence-electron chi connectivity index (χ2n) is 7.41. The molecule has 2 saturated carbocycles. The van der Waals surface area contributed by atoms with Gasteiger partial charge in [-0.3, -0.25) is 4.57 Å². The minimum atomic E-state index is -2.18. The van der Waals surface area contributed by atoms with Crippen molar-refractivity contribution in [1.29, 1.82) is 0 Å². The fourth-order valence-electron chi connectivity index (χ4n) is 5.28. The average molecular weight is 312 g/mol. The van der Waals surface area contributed by atoms with Crippen LogP contribution in [0.25, 0.3) is 0 Å². The van der Waals surface area contributed by atoms with E-state index < -0.39 is 8.72 Å². The van der Waals surface area contributed by atoms with Crippen LogP contribution in [0, 0.1) is 11.8 Å². The zero-order chi connectivity index (χ0) is 14.7. The first-order valence-electron chi connectivity index (χ1n) is 9.15. The molecule has 0 radical (unpaired) electrons. The molecule has 2 aliphatic carbocycles. The molecular weight excluding hydrogens is 278 g/mol. The molecule has 0 aromatic rings. The van der Waals surface area contributed by atoms with Gasteiger partial charge in [-0.25, -0.2) is 0 Å². The first-order chi connectivity index (χ1) is 10.3. The van der Waals surface area contributed by atoms with Crippen LogP contribution in [-0.4, -0.2) is 40.6 Å². The molecule has 21 heavy (non-hydrogen) atoms. The Morgan fingerprint density at radius 3 is 2.05 bits per heavy atom. The van der Waals surface area contributed by atoms with Crippen molar-refractivity contribution in [3.8, 4) is 0 Å². The lowest BCUT2D eigenvalue weighted by atomic mass is 9.76. The highest BCUT2D eigenvalue weighted by molar-refractivity contribution is 6.66. The van der Waals surface area contributed by atoms with Crippen molar-refractivity contribution < 1.29 is 8.85 Å². The van der Waals surface area contributed by atoms with Gasteiger partial charge in [-0.15, -0.1) is 0 Å². The Labute approximate surface area is 131 Å². The van der Waals surface area contributed by atoms with Gasteiger partial charge in [0, 0.05) is 19.8 Å². The number of nitrogens with zero attached hydrogens (tertiary/aromatic N) is 1. The van der Waals surface area contributed by atoms with Crippen molar-refractivity contribution >= 4 is 8.72 Å². The molecule has 0 aromatic carbocycles. The van der Waals surface area contributed by atoms with Gasteiger partial charge in [-0.1, -0.05) is 38.5 Å². The number of hydrogen-bond acceptors (Lipinski definition) is 3. The number of piperidine rings is 1. The summed E-state index contributed by atoms with van der Waals surface area (Å²) in [5.41, 5.74) is 0.682. The van der Waals surface area contributed by atoms with E-state index in [2.05, 4.69) is 4.57 Å². The second-order valence-corrected chi connectivity index (χ2v) is 10.9. The van der Waals surface area contributed by atoms with Gasteiger partial charge in [0.2, 0.25) is 0 Å². The summed E-state index contributed by atoms with van der Waals surface area (Å²) in [5.74, 6) is 1.90. The molecule has 0 amide bonds. The summed E-state index contributed by atoms with van der Waals surface area (Å²) in [5, 5.41) is 0. The van der Waals surface area contributed by atoms with Gasteiger partial charge >= 0.3 is 8.72 Å². The predicted octanol–water partition coefficient (Wildman–Crippen LogP) is 4.06. The zero-order valence-corrected chi connectivity index (χ0v) is 15.0. The lowest BCUT2D eigenvalue weighted by Gasteiger charge is -2.50. The predicted molar refractivity (Wildman–Crippen MR) is 88.2 cm³/mol. The Balaban J connectivity index is 1.73. The first-order valence-corrected chi connectivity index (χ1v) is 11.0. The van der Waals surface area contributed by atoms with Crippen molar-refractivity contribution in [3.05, 3.63) is 0 Å². The van der Waals surface area contributed by atoms with E-state index in [1.807, 2.05) is 14.2 Å². The van der Waals surface area contributed by atoms with Crippen LogP contribution in [0.15, 0.2) is 0 Å². The van der Waals surface area contributed by atoms with Crippen LogP contribution in [0.4, 0.5) is 0 Å². The average Bonchev–Trinajstić information content (AvgIpc) is 2.57. The van der Waals surface area contributed by atoms with Crippen LogP contribution >= 0.6 is 0 Å². The lowest BCUT2D eigenvalue weighted by molar-refractivity contribution is 0.0717. The fourth-order valence-corrected chi connectivity index (χ4v) is 9.22. The van der Waals surface area contributed by atoms with Gasteiger partial charge in [-0.05, 0) is 50.6 Å². The van der Waals surface area contributed by atoms with Crippen LogP contribution in [0.5, 0.6) is 0 Å². The molecule has 3 nitrogen and oxygen atoms in total. The first kappa shape index (κ1) is 16.0. The quantitative estimate of drug-likeness (QED) is 0.731. The van der Waals surface area contributed by atoms with E-state index >= 15 is 0 Å². The minimum absolute atomic E-state index is 0.682. The van der Waals surface area contributed by atoms with Crippen molar-refractivity contribution in [2.24, 2.45) is 11.8 Å². The third-order valence-corrected chi connectivity index (χ3v) is 10.5. The van der Waals surface area contributed by atoms with E-state index in [0.717, 1.165) is 11.8 Å². The molecule has 2 unspecified atom stereocenters. The number of fused-ring (bicyclic) bond motifs is 1. The molecule has 4 heteroatoms. The van der Waals surface area contributed by atoms with Gasteiger partial charge in [0.05, 0.1) is 0 Å². The summed E-state index contributed by atoms with van der Waals surface area (Å²) in [4.78, 5) is 0. The molecule has 0 spiro atoms. The molecule has 0 bridgehead atoms. The topological polar surface area (TPSA) is 21.7 Å². The summed E-state index contributed by atoms with van der Waals surface area (Å²) in [6, 6.07) is 0. The molecule has 0 aromatic heterocycles. The Hall–Kier alpha value is 0.0969. The van der Waals surface area contributed by atoms with Crippen molar-refractivity contribution in [1.82, 2.24) is 4.57 Å². The SMILES string of the molecule is CO[Si](OC)(C1CCCCC1)N1CCC2CCCCC2C1. The van der Waals surface area contributed by atoms with Crippen LogP contribution in [0.3, 0.4) is 0 Å². The highest BCUT2D eigenvalue weighted by Gasteiger charge is 2.52. The molecule has 3 rings (SSSR count). The summed E-state index contributed by atoms with van der Waals surface area (Å²) < 4.78 is 15.1. The fraction of sp³-hybridized carbons (Fsp3) is 1.00. The van der Waals surface area contributed by atoms with E-state index in [9.17, 15) is 0 Å². The smallest absolute Gasteiger partial charge is 0.386 e. The zero-order valence-electron chi connectivity index (χ0n) is 14.0. The number of rotatable bonds is 4. The summed E-state index contributed by atoms with van der Waals surface area (Å²) >= 11 is 0. The summed E-state index contributed by atoms with van der Waals surface area (Å²) in [6.45, 7) is 2.46. The third kappa shape index (κ3) is 3.10. The van der Waals surface area contributed by atoms with Crippen LogP contribution < -0.4 is 0 Å². The van der Waals surface area contributed by atoms with Crippen LogP contribution in [0.1, 0.15) is 64.2 Å². The Morgan fingerprint density at radius 2 is 1.38 bits per heavy atom. The Morgan fingerprint density at radius 1 is 0.762 bits per heavy atom. The van der Waals surface area contributed by atoms with Gasteiger partial charge < -0.3 is 8.85 Å². The van der Waals surface area contributed by atoms with Gasteiger partial charge in [-0.2, -0.15) is 0 Å². The highest BCUT2D eigenvalue weighted by atomic mass is 28.4. The molecule has 3 fully saturated rings. The molecule has 0 N–H and O–H groups in total. The van der Waals surface area contributed by atoms with Crippen molar-refractivity contribution in [2.45, 2.75) is 69.7 Å². The van der Waals surface area contributed by atoms with E-state index in [-0.39, 0.29) is 0 Å². The standard InChI is InChI=1S/C17H33NO2Si/c1-19-21(20-2,17-10-4-3-5-11-17)18-13-12-15-8-6-7-9-16(15)14-18/h15-17H,3-14H2,1-2H3. The third-order valence-electron chi connectivity index (χ3n) is 6.44. The molecular formula is C17H33NO2Si. The number of hydrogen-bond donors (Lipinski definition) is 0. The Bertz CT molecular complexity index is 329. The van der Waals surface area contributed by atoms with E-state index in [0.29, 0.717) is 5.54 Å². The summed E-state index contributed by atoms with van der Waals surface area (Å²) in [6.07, 6.45) is 13.9. The lowest BCUT2D eigenvalue weighted by Crippen LogP contribution is -2.64. The second kappa shape index (κ2) is 7.11. The maximum atomic E-state index is 6.19. The molecule has 3 aliphatic rings. The van der Waals surface area contributed by atoms with Crippen LogP contribution in [-0.2, 0) is 8.85 Å². The largest absolute Gasteiger partial charge is 0.430 e. The van der Waals surface area contributed by atoms with Crippen LogP contribution in [0.2, 0.25) is 5.54 Å². The maximum absolute atomic E-state index is 6.19. The van der Waals surface area contributed by atoms with E-state index in [1.54, 1.807) is 0 Å². The van der Waals surface area contributed by atoms with Crippen molar-refractivity contribution in [3.63, 3.8) is 0 Å². The van der Waals surface area contributed by atoms with E-state index in [1.165, 1.54) is 77.3 Å². The molecule has 122 valence electrons. The Kier molecular flexibility index (Phi) is 5.41. The van der Waals surface area contributed by atoms with Gasteiger partial charge in [0.1, 0.15) is 0 Å². The normalized spacial score (nSPS) is 32.9. The van der Waals surface area contributed by atoms with Gasteiger partial charge in [0.25, 0.3) is 0 Å². The molecule has 1 heterocycles. The highest BCUT2D eigenvalue weighted by Crippen LogP contribution is 2.43. The maximum Gasteiger partial charge on any atom is 0.430 e. The molecule has 2 atom stereocenters. The van der Waals surface area contributed by atoms with Crippen molar-refractivity contribution in [2.75, 3.05) is 27.3 Å². The summed E-state index contributed by atoms with van der Waals surface area (Å²) in [7, 11) is 1.64. The monoisotopic (exact) mass is 311 g/mol. The molecule has 1 aliphatic heterocycles. The minimum Gasteiger partial charge on any atom is -0.386 e. The molecule has 1 saturated heterocycles.